The van der Waals surface area contributed by atoms with E-state index < -0.39 is 18.1 Å². The summed E-state index contributed by atoms with van der Waals surface area (Å²) in [7, 11) is 5.38. The summed E-state index contributed by atoms with van der Waals surface area (Å²) in [5.74, 6) is -1.80. The van der Waals surface area contributed by atoms with Gasteiger partial charge in [0.1, 0.15) is 12.6 Å². The quantitative estimate of drug-likeness (QED) is 0.0265. The molecule has 0 radical (unpaired) electrons. The summed E-state index contributed by atoms with van der Waals surface area (Å²) < 4.78 is 17.1. The molecular formula is C47H83NO7. The maximum absolute atomic E-state index is 12.6. The third-order valence-corrected chi connectivity index (χ3v) is 9.70. The largest absolute Gasteiger partial charge is 0.544 e. The maximum Gasteiger partial charge on any atom is 0.306 e. The fraction of sp³-hybridized carbons (Fsp3) is 0.766. The van der Waals surface area contributed by atoms with Crippen LogP contribution in [-0.4, -0.2) is 75.5 Å². The van der Waals surface area contributed by atoms with E-state index >= 15 is 0 Å². The molecule has 0 fully saturated rings. The first-order valence-electron chi connectivity index (χ1n) is 22.2. The van der Waals surface area contributed by atoms with Crippen molar-refractivity contribution < 1.29 is 38.2 Å². The summed E-state index contributed by atoms with van der Waals surface area (Å²) in [6.07, 6.45) is 44.5. The number of unbranched alkanes of at least 4 members (excludes halogenated alkanes) is 17. The SMILES string of the molecule is CC/C=C/C/C=C/CCCCC(=O)OC(COCCC(C(=O)[O-])[N+](C)(C)C)COC(=O)CCCCCCCCC/C=C/C/C=C/CCCCCCCCCC. The Bertz CT molecular complexity index is 1040. The normalized spacial score (nSPS) is 13.4. The van der Waals surface area contributed by atoms with E-state index in [0.29, 0.717) is 12.8 Å². The van der Waals surface area contributed by atoms with Gasteiger partial charge in [-0.25, -0.2) is 0 Å². The molecule has 0 amide bonds. The zero-order valence-electron chi connectivity index (χ0n) is 36.1. The number of carboxylic acids is 1. The van der Waals surface area contributed by atoms with Gasteiger partial charge in [-0.05, 0) is 70.6 Å². The molecular weight excluding hydrogens is 691 g/mol. The van der Waals surface area contributed by atoms with E-state index in [1.807, 2.05) is 0 Å². The molecule has 0 saturated carbocycles. The van der Waals surface area contributed by atoms with Gasteiger partial charge in [-0.15, -0.1) is 0 Å². The number of likely N-dealkylation sites (N-methyl/N-ethyl adjacent to an activating group) is 1. The topological polar surface area (TPSA) is 102 Å². The Hall–Kier alpha value is -2.71. The van der Waals surface area contributed by atoms with Crippen molar-refractivity contribution in [1.29, 1.82) is 0 Å². The Balaban J connectivity index is 4.23. The first-order chi connectivity index (χ1) is 26.6. The highest BCUT2D eigenvalue weighted by Gasteiger charge is 2.25. The molecule has 55 heavy (non-hydrogen) atoms. The zero-order valence-corrected chi connectivity index (χ0v) is 36.1. The Labute approximate surface area is 337 Å². The Morgan fingerprint density at radius 2 is 1.02 bits per heavy atom. The molecule has 8 heteroatoms. The lowest BCUT2D eigenvalue weighted by Gasteiger charge is -2.34. The van der Waals surface area contributed by atoms with E-state index in [2.05, 4.69) is 62.5 Å². The number of hydrogen-bond acceptors (Lipinski definition) is 7. The van der Waals surface area contributed by atoms with Crippen LogP contribution < -0.4 is 5.11 Å². The van der Waals surface area contributed by atoms with Gasteiger partial charge in [-0.2, -0.15) is 0 Å². The number of carboxylic acid groups (broad SMARTS) is 1. The molecule has 0 N–H and O–H groups in total. The number of carbonyl (C=O) groups excluding carboxylic acids is 3. The maximum atomic E-state index is 12.6. The standard InChI is InChI=1S/C47H83NO7/c1-6-8-10-12-14-16-17-18-19-20-21-22-23-24-25-26-27-28-30-31-33-35-37-45(49)54-42-43(41-53-40-39-44(47(51)52)48(3,4)5)55-46(50)38-36-34-32-29-15-13-11-9-7-2/h9,11,15,20-21,23-24,29,43-44H,6-8,10,12-14,16-19,22,25-28,30-42H2,1-5H3/b11-9+,21-20+,24-23+,29-15+. The minimum Gasteiger partial charge on any atom is -0.544 e. The average Bonchev–Trinajstić information content (AvgIpc) is 3.14. The monoisotopic (exact) mass is 774 g/mol. The van der Waals surface area contributed by atoms with Gasteiger partial charge in [0.2, 0.25) is 0 Å². The van der Waals surface area contributed by atoms with Crippen molar-refractivity contribution in [2.75, 3.05) is 41.0 Å². The second kappa shape index (κ2) is 38.2. The molecule has 0 aliphatic heterocycles. The number of esters is 2. The Morgan fingerprint density at radius 3 is 1.53 bits per heavy atom. The van der Waals surface area contributed by atoms with Crippen LogP contribution in [0.25, 0.3) is 0 Å². The molecule has 2 unspecified atom stereocenters. The number of ether oxygens (including phenoxy) is 3. The summed E-state index contributed by atoms with van der Waals surface area (Å²) in [6.45, 7) is 4.48. The smallest absolute Gasteiger partial charge is 0.306 e. The minimum absolute atomic E-state index is 0.0240. The molecule has 0 aliphatic rings. The van der Waals surface area contributed by atoms with Crippen molar-refractivity contribution >= 4 is 17.9 Å². The fourth-order valence-electron chi connectivity index (χ4n) is 6.26. The number of hydrogen-bond donors (Lipinski definition) is 0. The van der Waals surface area contributed by atoms with E-state index in [1.54, 1.807) is 21.1 Å². The summed E-state index contributed by atoms with van der Waals surface area (Å²) in [4.78, 5) is 36.7. The number of quaternary nitrogens is 1. The van der Waals surface area contributed by atoms with E-state index in [-0.39, 0.29) is 49.1 Å². The van der Waals surface area contributed by atoms with E-state index in [0.717, 1.165) is 57.8 Å². The van der Waals surface area contributed by atoms with Gasteiger partial charge in [0.15, 0.2) is 6.10 Å². The zero-order chi connectivity index (χ0) is 40.7. The van der Waals surface area contributed by atoms with E-state index in [4.69, 9.17) is 14.2 Å². The first kappa shape index (κ1) is 52.3. The van der Waals surface area contributed by atoms with Gasteiger partial charge in [0.05, 0.1) is 40.3 Å². The fourth-order valence-corrected chi connectivity index (χ4v) is 6.26. The van der Waals surface area contributed by atoms with Gasteiger partial charge in [0, 0.05) is 19.3 Å². The lowest BCUT2D eigenvalue weighted by Crippen LogP contribution is -2.55. The van der Waals surface area contributed by atoms with E-state index in [1.165, 1.54) is 83.5 Å². The van der Waals surface area contributed by atoms with E-state index in [9.17, 15) is 19.5 Å². The van der Waals surface area contributed by atoms with Crippen molar-refractivity contribution in [2.24, 2.45) is 0 Å². The molecule has 0 aromatic carbocycles. The van der Waals surface area contributed by atoms with Crippen molar-refractivity contribution in [1.82, 2.24) is 0 Å². The molecule has 8 nitrogen and oxygen atoms in total. The second-order valence-electron chi connectivity index (χ2n) is 15.9. The molecule has 0 spiro atoms. The van der Waals surface area contributed by atoms with Crippen LogP contribution in [0.1, 0.15) is 181 Å². The molecule has 2 atom stereocenters. The lowest BCUT2D eigenvalue weighted by atomic mass is 10.1. The third kappa shape index (κ3) is 36.7. The molecule has 0 heterocycles. The van der Waals surface area contributed by atoms with Crippen LogP contribution in [0, 0.1) is 0 Å². The van der Waals surface area contributed by atoms with Gasteiger partial charge in [-0.3, -0.25) is 9.59 Å². The van der Waals surface area contributed by atoms with Gasteiger partial charge < -0.3 is 28.6 Å². The molecule has 0 saturated heterocycles. The number of carbonyl (C=O) groups is 3. The van der Waals surface area contributed by atoms with Crippen LogP contribution in [-0.2, 0) is 28.6 Å². The highest BCUT2D eigenvalue weighted by atomic mass is 16.6. The number of nitrogens with zero attached hydrogens (tertiary/aromatic N) is 1. The Kier molecular flexibility index (Phi) is 36.3. The molecule has 0 aromatic heterocycles. The molecule has 0 aliphatic carbocycles. The van der Waals surface area contributed by atoms with Crippen LogP contribution in [0.3, 0.4) is 0 Å². The summed E-state index contributed by atoms with van der Waals surface area (Å²) in [5, 5.41) is 11.6. The summed E-state index contributed by atoms with van der Waals surface area (Å²) >= 11 is 0. The van der Waals surface area contributed by atoms with Crippen LogP contribution in [0.2, 0.25) is 0 Å². The van der Waals surface area contributed by atoms with Crippen molar-refractivity contribution in [3.05, 3.63) is 48.6 Å². The van der Waals surface area contributed by atoms with Gasteiger partial charge in [0.25, 0.3) is 0 Å². The molecule has 0 rings (SSSR count). The third-order valence-electron chi connectivity index (χ3n) is 9.70. The lowest BCUT2D eigenvalue weighted by molar-refractivity contribution is -0.889. The predicted octanol–water partition coefficient (Wildman–Crippen LogP) is 10.7. The minimum atomic E-state index is -1.13. The summed E-state index contributed by atoms with van der Waals surface area (Å²) in [5.41, 5.74) is 0. The van der Waals surface area contributed by atoms with Crippen molar-refractivity contribution in [2.45, 2.75) is 193 Å². The Morgan fingerprint density at radius 1 is 0.564 bits per heavy atom. The van der Waals surface area contributed by atoms with Crippen molar-refractivity contribution in [3.8, 4) is 0 Å². The highest BCUT2D eigenvalue weighted by Crippen LogP contribution is 2.13. The van der Waals surface area contributed by atoms with Crippen molar-refractivity contribution in [3.63, 3.8) is 0 Å². The van der Waals surface area contributed by atoms with Crippen LogP contribution in [0.4, 0.5) is 0 Å². The number of rotatable bonds is 39. The first-order valence-corrected chi connectivity index (χ1v) is 22.2. The van der Waals surface area contributed by atoms with Crippen LogP contribution in [0.15, 0.2) is 48.6 Å². The van der Waals surface area contributed by atoms with Crippen LogP contribution >= 0.6 is 0 Å². The highest BCUT2D eigenvalue weighted by molar-refractivity contribution is 5.70. The molecule has 0 bridgehead atoms. The molecule has 0 aromatic rings. The number of aliphatic carboxylic acids is 1. The average molecular weight is 774 g/mol. The molecule has 318 valence electrons. The number of allylic oxidation sites excluding steroid dienone is 8. The predicted molar refractivity (Wildman–Crippen MR) is 226 cm³/mol. The second-order valence-corrected chi connectivity index (χ2v) is 15.9. The summed E-state index contributed by atoms with van der Waals surface area (Å²) in [6, 6.07) is -0.732. The van der Waals surface area contributed by atoms with Gasteiger partial charge in [-0.1, -0.05) is 140 Å². The van der Waals surface area contributed by atoms with Gasteiger partial charge >= 0.3 is 11.9 Å². The van der Waals surface area contributed by atoms with Crippen LogP contribution in [0.5, 0.6) is 0 Å².